The molecule has 0 radical (unpaired) electrons. The molecule has 3 atom stereocenters. The maximum atomic E-state index is 13.7. The smallest absolute Gasteiger partial charge is 0.253 e. The normalized spacial score (nSPS) is 20.3. The van der Waals surface area contributed by atoms with Gasteiger partial charge < -0.3 is 15.2 Å². The van der Waals surface area contributed by atoms with Gasteiger partial charge in [0.15, 0.2) is 6.10 Å². The molecule has 1 amide bonds. The third kappa shape index (κ3) is 3.23. The van der Waals surface area contributed by atoms with Gasteiger partial charge in [0.05, 0.1) is 7.11 Å². The highest BCUT2D eigenvalue weighted by Gasteiger charge is 2.43. The predicted molar refractivity (Wildman–Crippen MR) is 83.6 cm³/mol. The molecule has 1 fully saturated rings. The van der Waals surface area contributed by atoms with Gasteiger partial charge in [-0.1, -0.05) is 18.2 Å². The van der Waals surface area contributed by atoms with Crippen LogP contribution in [0.1, 0.15) is 29.6 Å². The molecule has 0 bridgehead atoms. The van der Waals surface area contributed by atoms with Crippen LogP contribution in [0.4, 0.5) is 8.78 Å². The van der Waals surface area contributed by atoms with Gasteiger partial charge in [0.25, 0.3) is 5.91 Å². The van der Waals surface area contributed by atoms with Crippen LogP contribution in [0.2, 0.25) is 0 Å². The van der Waals surface area contributed by atoms with Gasteiger partial charge >= 0.3 is 0 Å². The Labute approximate surface area is 138 Å². The van der Waals surface area contributed by atoms with Gasteiger partial charge in [-0.3, -0.25) is 4.79 Å². The molecule has 2 aromatic rings. The lowest BCUT2D eigenvalue weighted by Crippen LogP contribution is -2.31. The van der Waals surface area contributed by atoms with Crippen molar-refractivity contribution >= 4 is 5.91 Å². The van der Waals surface area contributed by atoms with Crippen LogP contribution >= 0.6 is 0 Å². The first-order chi connectivity index (χ1) is 11.5. The molecule has 0 aliphatic heterocycles. The minimum Gasteiger partial charge on any atom is -0.497 e. The molecular formula is C18H17F2NO3. The van der Waals surface area contributed by atoms with E-state index in [9.17, 15) is 18.7 Å². The lowest BCUT2D eigenvalue weighted by molar-refractivity contribution is -0.129. The van der Waals surface area contributed by atoms with Crippen molar-refractivity contribution in [3.63, 3.8) is 0 Å². The van der Waals surface area contributed by atoms with E-state index in [2.05, 4.69) is 5.32 Å². The van der Waals surface area contributed by atoms with Crippen LogP contribution in [0, 0.1) is 11.6 Å². The maximum absolute atomic E-state index is 13.7. The molecule has 3 unspecified atom stereocenters. The predicted octanol–water partition coefficient (Wildman–Crippen LogP) is 2.68. The number of hydrogen-bond donors (Lipinski definition) is 2. The van der Waals surface area contributed by atoms with Crippen molar-refractivity contribution in [1.29, 1.82) is 0 Å². The Morgan fingerprint density at radius 1 is 1.25 bits per heavy atom. The van der Waals surface area contributed by atoms with Crippen molar-refractivity contribution in [2.45, 2.75) is 24.5 Å². The highest BCUT2D eigenvalue weighted by molar-refractivity contribution is 5.82. The minimum absolute atomic E-state index is 0.0151. The van der Waals surface area contributed by atoms with Crippen molar-refractivity contribution in [3.8, 4) is 5.75 Å². The number of ether oxygens (including phenoxy) is 1. The lowest BCUT2D eigenvalue weighted by atomic mass is 10.1. The van der Waals surface area contributed by atoms with Gasteiger partial charge in [0.1, 0.15) is 17.4 Å². The highest BCUT2D eigenvalue weighted by Crippen LogP contribution is 2.43. The maximum Gasteiger partial charge on any atom is 0.253 e. The van der Waals surface area contributed by atoms with Gasteiger partial charge in [0, 0.05) is 17.5 Å². The second-order valence-corrected chi connectivity index (χ2v) is 5.77. The first kappa shape index (κ1) is 16.4. The SMILES string of the molecule is COc1cccc(C(O)C(=O)NC2CC2c2c(F)cccc2F)c1. The van der Waals surface area contributed by atoms with Crippen molar-refractivity contribution in [2.24, 2.45) is 0 Å². The second-order valence-electron chi connectivity index (χ2n) is 5.77. The summed E-state index contributed by atoms with van der Waals surface area (Å²) in [6.45, 7) is 0. The zero-order valence-corrected chi connectivity index (χ0v) is 13.0. The molecule has 1 aliphatic carbocycles. The minimum atomic E-state index is -1.37. The van der Waals surface area contributed by atoms with E-state index in [1.54, 1.807) is 24.3 Å². The zero-order chi connectivity index (χ0) is 17.3. The number of aliphatic hydroxyl groups is 1. The number of carbonyl (C=O) groups is 1. The number of nitrogens with one attached hydrogen (secondary N) is 1. The average Bonchev–Trinajstić information content (AvgIpc) is 3.32. The molecular weight excluding hydrogens is 316 g/mol. The Morgan fingerprint density at radius 2 is 1.92 bits per heavy atom. The number of aliphatic hydroxyl groups excluding tert-OH is 1. The fourth-order valence-electron chi connectivity index (χ4n) is 2.76. The van der Waals surface area contributed by atoms with Gasteiger partial charge in [0.2, 0.25) is 0 Å². The number of hydrogen-bond acceptors (Lipinski definition) is 3. The van der Waals surface area contributed by atoms with E-state index in [1.807, 2.05) is 0 Å². The number of halogens is 2. The van der Waals surface area contributed by atoms with Crippen molar-refractivity contribution < 1.29 is 23.4 Å². The molecule has 1 saturated carbocycles. The molecule has 2 aromatic carbocycles. The fourth-order valence-corrected chi connectivity index (χ4v) is 2.76. The number of rotatable bonds is 5. The van der Waals surface area contributed by atoms with E-state index in [4.69, 9.17) is 4.74 Å². The molecule has 6 heteroatoms. The highest BCUT2D eigenvalue weighted by atomic mass is 19.1. The van der Waals surface area contributed by atoms with E-state index in [-0.39, 0.29) is 11.6 Å². The first-order valence-corrected chi connectivity index (χ1v) is 7.57. The molecule has 0 heterocycles. The monoisotopic (exact) mass is 333 g/mol. The number of benzene rings is 2. The molecule has 0 saturated heterocycles. The van der Waals surface area contributed by atoms with Crippen LogP contribution in [0.15, 0.2) is 42.5 Å². The molecule has 24 heavy (non-hydrogen) atoms. The summed E-state index contributed by atoms with van der Waals surface area (Å²) in [5, 5.41) is 12.8. The topological polar surface area (TPSA) is 58.6 Å². The summed E-state index contributed by atoms with van der Waals surface area (Å²) < 4.78 is 32.5. The van der Waals surface area contributed by atoms with Gasteiger partial charge in [-0.2, -0.15) is 0 Å². The van der Waals surface area contributed by atoms with Crippen molar-refractivity contribution in [3.05, 3.63) is 65.2 Å². The van der Waals surface area contributed by atoms with Crippen LogP contribution < -0.4 is 10.1 Å². The standard InChI is InChI=1S/C18H17F2NO3/c1-24-11-5-2-4-10(8-11)17(22)18(23)21-15-9-12(15)16-13(19)6-3-7-14(16)20/h2-8,12,15,17,22H,9H2,1H3,(H,21,23). The molecule has 126 valence electrons. The van der Waals surface area contributed by atoms with Gasteiger partial charge in [-0.05, 0) is 36.2 Å². The summed E-state index contributed by atoms with van der Waals surface area (Å²) in [7, 11) is 1.49. The Bertz CT molecular complexity index is 745. The van der Waals surface area contributed by atoms with E-state index in [1.165, 1.54) is 25.3 Å². The third-order valence-electron chi connectivity index (χ3n) is 4.15. The fraction of sp³-hybridized carbons (Fsp3) is 0.278. The summed E-state index contributed by atoms with van der Waals surface area (Å²) in [5.41, 5.74) is 0.375. The van der Waals surface area contributed by atoms with E-state index >= 15 is 0 Å². The molecule has 4 nitrogen and oxygen atoms in total. The lowest BCUT2D eigenvalue weighted by Gasteiger charge is -2.13. The molecule has 3 rings (SSSR count). The summed E-state index contributed by atoms with van der Waals surface area (Å²) in [6, 6.07) is 9.84. The Kier molecular flexibility index (Phi) is 4.49. The first-order valence-electron chi connectivity index (χ1n) is 7.57. The Hall–Kier alpha value is -2.47. The largest absolute Gasteiger partial charge is 0.497 e. The average molecular weight is 333 g/mol. The second kappa shape index (κ2) is 6.57. The van der Waals surface area contributed by atoms with Crippen LogP contribution in [0.3, 0.4) is 0 Å². The van der Waals surface area contributed by atoms with E-state index in [0.717, 1.165) is 0 Å². The molecule has 2 N–H and O–H groups in total. The van der Waals surface area contributed by atoms with E-state index in [0.29, 0.717) is 17.7 Å². The van der Waals surface area contributed by atoms with Crippen LogP contribution in [0.5, 0.6) is 5.75 Å². The number of carbonyl (C=O) groups excluding carboxylic acids is 1. The quantitative estimate of drug-likeness (QED) is 0.884. The van der Waals surface area contributed by atoms with Crippen LogP contribution in [-0.4, -0.2) is 24.2 Å². The summed E-state index contributed by atoms with van der Waals surface area (Å²) in [6.07, 6.45) is -0.930. The Balaban J connectivity index is 1.66. The number of amides is 1. The van der Waals surface area contributed by atoms with Gasteiger partial charge in [-0.15, -0.1) is 0 Å². The molecule has 0 aromatic heterocycles. The zero-order valence-electron chi connectivity index (χ0n) is 13.0. The summed E-state index contributed by atoms with van der Waals surface area (Å²) in [5.74, 6) is -1.73. The summed E-state index contributed by atoms with van der Waals surface area (Å²) >= 11 is 0. The summed E-state index contributed by atoms with van der Waals surface area (Å²) in [4.78, 5) is 12.2. The number of methoxy groups -OCH3 is 1. The van der Waals surface area contributed by atoms with Crippen molar-refractivity contribution in [2.75, 3.05) is 7.11 Å². The molecule has 1 aliphatic rings. The third-order valence-corrected chi connectivity index (χ3v) is 4.15. The van der Waals surface area contributed by atoms with Crippen LogP contribution in [0.25, 0.3) is 0 Å². The van der Waals surface area contributed by atoms with E-state index < -0.39 is 29.6 Å². The van der Waals surface area contributed by atoms with Gasteiger partial charge in [-0.25, -0.2) is 8.78 Å². The van der Waals surface area contributed by atoms with Crippen LogP contribution in [-0.2, 0) is 4.79 Å². The Morgan fingerprint density at radius 3 is 2.58 bits per heavy atom. The molecule has 0 spiro atoms. The van der Waals surface area contributed by atoms with Crippen molar-refractivity contribution in [1.82, 2.24) is 5.32 Å².